The van der Waals surface area contributed by atoms with Crippen molar-refractivity contribution < 1.29 is 19.4 Å². The number of rotatable bonds is 5. The van der Waals surface area contributed by atoms with Gasteiger partial charge in [-0.15, -0.1) is 0 Å². The Morgan fingerprint density at radius 3 is 2.18 bits per heavy atom. The fourth-order valence-corrected chi connectivity index (χ4v) is 1.78. The molecule has 0 aliphatic rings. The van der Waals surface area contributed by atoms with E-state index in [0.717, 1.165) is 6.07 Å². The highest BCUT2D eigenvalue weighted by molar-refractivity contribution is 6.00. The summed E-state index contributed by atoms with van der Waals surface area (Å²) in [5.41, 5.74) is 3.25. The summed E-state index contributed by atoms with van der Waals surface area (Å²) in [6.45, 7) is 0. The van der Waals surface area contributed by atoms with Crippen LogP contribution in [0.4, 0.5) is 11.4 Å². The fourth-order valence-electron chi connectivity index (χ4n) is 1.78. The van der Waals surface area contributed by atoms with E-state index in [1.54, 1.807) is 18.2 Å². The van der Waals surface area contributed by atoms with Gasteiger partial charge in [-0.3, -0.25) is 25.0 Å². The Morgan fingerprint density at radius 2 is 1.68 bits per heavy atom. The molecule has 0 atom stereocenters. The lowest BCUT2D eigenvalue weighted by Gasteiger charge is -2.09. The number of nitro benzene ring substituents is 2. The minimum absolute atomic E-state index is 0.250. The number of nitro groups is 2. The topological polar surface area (TPSA) is 139 Å². The van der Waals surface area contributed by atoms with Crippen molar-refractivity contribution in [3.63, 3.8) is 0 Å². The number of benzene rings is 2. The van der Waals surface area contributed by atoms with Crippen LogP contribution < -0.4 is 10.5 Å². The highest BCUT2D eigenvalue weighted by Crippen LogP contribution is 2.36. The molecule has 0 unspecified atom stereocenters. The zero-order valence-corrected chi connectivity index (χ0v) is 11.0. The first-order chi connectivity index (χ1) is 10.4. The molecule has 2 rings (SSSR count). The van der Waals surface area contributed by atoms with Crippen LogP contribution in [0, 0.1) is 20.2 Å². The molecule has 0 aliphatic heterocycles. The molecule has 9 nitrogen and oxygen atoms in total. The number of hydrogen-bond acceptors (Lipinski definition) is 6. The number of non-ortho nitro benzene ring substituents is 1. The molecule has 0 spiro atoms. The number of carbonyl (C=O) groups is 1. The van der Waals surface area contributed by atoms with Crippen molar-refractivity contribution in [2.75, 3.05) is 0 Å². The Balaban J connectivity index is 2.65. The summed E-state index contributed by atoms with van der Waals surface area (Å²) < 4.78 is 5.34. The van der Waals surface area contributed by atoms with Gasteiger partial charge in [-0.2, -0.15) is 0 Å². The third kappa shape index (κ3) is 2.98. The standard InChI is InChI=1S/C13H9N3O6/c14-13(17)12-10(16(20)21)6-8(15(18)19)7-11(12)22-9-4-2-1-3-5-9/h1-7H,(H2,14,17). The molecule has 0 heterocycles. The van der Waals surface area contributed by atoms with Crippen LogP contribution in [0.2, 0.25) is 0 Å². The first kappa shape index (κ1) is 14.9. The molecular weight excluding hydrogens is 294 g/mol. The summed E-state index contributed by atoms with van der Waals surface area (Å²) in [7, 11) is 0. The number of primary amides is 1. The summed E-state index contributed by atoms with van der Waals surface area (Å²) in [6.07, 6.45) is 0. The van der Waals surface area contributed by atoms with Gasteiger partial charge >= 0.3 is 0 Å². The van der Waals surface area contributed by atoms with Crippen molar-refractivity contribution in [3.8, 4) is 11.5 Å². The van der Waals surface area contributed by atoms with Crippen LogP contribution in [-0.4, -0.2) is 15.8 Å². The molecule has 0 radical (unpaired) electrons. The molecular formula is C13H9N3O6. The van der Waals surface area contributed by atoms with E-state index in [0.29, 0.717) is 6.07 Å². The first-order valence-electron chi connectivity index (χ1n) is 5.89. The van der Waals surface area contributed by atoms with Crippen LogP contribution in [0.1, 0.15) is 10.4 Å². The molecule has 9 heteroatoms. The molecule has 2 aromatic rings. The molecule has 0 aromatic heterocycles. The molecule has 0 aliphatic carbocycles. The Morgan fingerprint density at radius 1 is 1.05 bits per heavy atom. The Kier molecular flexibility index (Phi) is 3.98. The molecule has 2 N–H and O–H groups in total. The summed E-state index contributed by atoms with van der Waals surface area (Å²) in [4.78, 5) is 31.6. The van der Waals surface area contributed by atoms with Crippen LogP contribution in [0.5, 0.6) is 11.5 Å². The zero-order chi connectivity index (χ0) is 16.3. The van der Waals surface area contributed by atoms with Gasteiger partial charge in [0.1, 0.15) is 5.75 Å². The molecule has 2 aromatic carbocycles. The summed E-state index contributed by atoms with van der Waals surface area (Å²) in [5, 5.41) is 21.9. The predicted molar refractivity (Wildman–Crippen MR) is 74.8 cm³/mol. The smallest absolute Gasteiger partial charge is 0.292 e. The van der Waals surface area contributed by atoms with Crippen molar-refractivity contribution in [2.45, 2.75) is 0 Å². The molecule has 22 heavy (non-hydrogen) atoms. The number of carbonyl (C=O) groups excluding carboxylic acids is 1. The lowest BCUT2D eigenvalue weighted by molar-refractivity contribution is -0.394. The van der Waals surface area contributed by atoms with Gasteiger partial charge in [0.15, 0.2) is 11.3 Å². The third-order valence-corrected chi connectivity index (χ3v) is 2.69. The molecule has 0 fully saturated rings. The SMILES string of the molecule is NC(=O)c1c(Oc2ccccc2)cc([N+](=O)[O-])cc1[N+](=O)[O-]. The van der Waals surface area contributed by atoms with Crippen LogP contribution >= 0.6 is 0 Å². The monoisotopic (exact) mass is 303 g/mol. The lowest BCUT2D eigenvalue weighted by atomic mass is 10.1. The van der Waals surface area contributed by atoms with Crippen LogP contribution in [0.15, 0.2) is 42.5 Å². The van der Waals surface area contributed by atoms with Gasteiger partial charge in [-0.1, -0.05) is 18.2 Å². The highest BCUT2D eigenvalue weighted by atomic mass is 16.6. The van der Waals surface area contributed by atoms with Crippen molar-refractivity contribution in [1.29, 1.82) is 0 Å². The second-order valence-electron chi connectivity index (χ2n) is 4.13. The average molecular weight is 303 g/mol. The van der Waals surface area contributed by atoms with Gasteiger partial charge in [-0.05, 0) is 12.1 Å². The number of hydrogen-bond donors (Lipinski definition) is 1. The van der Waals surface area contributed by atoms with E-state index in [1.807, 2.05) is 0 Å². The van der Waals surface area contributed by atoms with Crippen molar-refractivity contribution in [1.82, 2.24) is 0 Å². The van der Waals surface area contributed by atoms with E-state index in [1.165, 1.54) is 12.1 Å². The number of nitrogens with two attached hydrogens (primary N) is 1. The maximum absolute atomic E-state index is 11.5. The Labute approximate surface area is 123 Å². The van der Waals surface area contributed by atoms with Gasteiger partial charge in [0.05, 0.1) is 22.0 Å². The maximum Gasteiger partial charge on any atom is 0.292 e. The van der Waals surface area contributed by atoms with Gasteiger partial charge in [-0.25, -0.2) is 0 Å². The van der Waals surface area contributed by atoms with Crippen molar-refractivity contribution >= 4 is 17.3 Å². The quantitative estimate of drug-likeness (QED) is 0.664. The number of para-hydroxylation sites is 1. The summed E-state index contributed by atoms with van der Waals surface area (Å²) >= 11 is 0. The van der Waals surface area contributed by atoms with E-state index in [-0.39, 0.29) is 11.5 Å². The lowest BCUT2D eigenvalue weighted by Crippen LogP contribution is -2.15. The first-order valence-corrected chi connectivity index (χ1v) is 5.89. The predicted octanol–water partition coefficient (Wildman–Crippen LogP) is 2.39. The van der Waals surface area contributed by atoms with Gasteiger partial charge < -0.3 is 10.5 Å². The number of amides is 1. The van der Waals surface area contributed by atoms with Crippen molar-refractivity contribution in [3.05, 3.63) is 68.3 Å². The number of nitrogens with zero attached hydrogens (tertiary/aromatic N) is 2. The van der Waals surface area contributed by atoms with Gasteiger partial charge in [0.25, 0.3) is 17.3 Å². The second kappa shape index (κ2) is 5.87. The van der Waals surface area contributed by atoms with Gasteiger partial charge in [0, 0.05) is 0 Å². The van der Waals surface area contributed by atoms with Crippen LogP contribution in [0.3, 0.4) is 0 Å². The largest absolute Gasteiger partial charge is 0.456 e. The second-order valence-corrected chi connectivity index (χ2v) is 4.13. The molecule has 112 valence electrons. The van der Waals surface area contributed by atoms with E-state index >= 15 is 0 Å². The normalized spacial score (nSPS) is 10.0. The number of ether oxygens (including phenoxy) is 1. The summed E-state index contributed by atoms with van der Waals surface area (Å²) in [6, 6.07) is 9.59. The molecule has 0 saturated heterocycles. The van der Waals surface area contributed by atoms with Gasteiger partial charge in [0.2, 0.25) is 0 Å². The zero-order valence-electron chi connectivity index (χ0n) is 11.0. The minimum atomic E-state index is -1.12. The molecule has 0 saturated carbocycles. The minimum Gasteiger partial charge on any atom is -0.456 e. The fraction of sp³-hybridized carbons (Fsp3) is 0. The molecule has 0 bridgehead atoms. The Hall–Kier alpha value is -3.49. The van der Waals surface area contributed by atoms with Crippen LogP contribution in [0.25, 0.3) is 0 Å². The summed E-state index contributed by atoms with van der Waals surface area (Å²) in [5.74, 6) is -1.22. The molecule has 1 amide bonds. The van der Waals surface area contributed by atoms with Crippen LogP contribution in [-0.2, 0) is 0 Å². The maximum atomic E-state index is 11.5. The van der Waals surface area contributed by atoms with E-state index in [2.05, 4.69) is 0 Å². The van der Waals surface area contributed by atoms with E-state index < -0.39 is 32.7 Å². The highest BCUT2D eigenvalue weighted by Gasteiger charge is 2.28. The Bertz CT molecular complexity index is 760. The van der Waals surface area contributed by atoms with E-state index in [4.69, 9.17) is 10.5 Å². The average Bonchev–Trinajstić information content (AvgIpc) is 2.47. The van der Waals surface area contributed by atoms with Crippen molar-refractivity contribution in [2.24, 2.45) is 5.73 Å². The van der Waals surface area contributed by atoms with E-state index in [9.17, 15) is 25.0 Å². The third-order valence-electron chi connectivity index (χ3n) is 2.69.